The number of fused-ring (bicyclic) bond motifs is 1. The molecule has 0 saturated carbocycles. The average Bonchev–Trinajstić information content (AvgIpc) is 2.73. The zero-order valence-electron chi connectivity index (χ0n) is 9.49. The van der Waals surface area contributed by atoms with Gasteiger partial charge in [0.15, 0.2) is 0 Å². The van der Waals surface area contributed by atoms with Gasteiger partial charge in [-0.05, 0) is 48.9 Å². The zero-order valence-corrected chi connectivity index (χ0v) is 9.49. The van der Waals surface area contributed by atoms with Crippen molar-refractivity contribution in [2.24, 2.45) is 0 Å². The SMILES string of the molecule is O=C([O-])CCC(=O)Nc1ccc2c(c1)CCC2. The van der Waals surface area contributed by atoms with Gasteiger partial charge in [0.25, 0.3) is 0 Å². The van der Waals surface area contributed by atoms with Crippen molar-refractivity contribution in [3.8, 4) is 0 Å². The highest BCUT2D eigenvalue weighted by molar-refractivity contribution is 5.92. The summed E-state index contributed by atoms with van der Waals surface area (Å²) in [6, 6.07) is 5.86. The van der Waals surface area contributed by atoms with Crippen molar-refractivity contribution in [3.05, 3.63) is 29.3 Å². The second kappa shape index (κ2) is 4.99. The third kappa shape index (κ3) is 3.06. The van der Waals surface area contributed by atoms with E-state index >= 15 is 0 Å². The van der Waals surface area contributed by atoms with Crippen LogP contribution in [-0.4, -0.2) is 11.9 Å². The van der Waals surface area contributed by atoms with E-state index in [0.29, 0.717) is 0 Å². The van der Waals surface area contributed by atoms with Crippen molar-refractivity contribution in [3.63, 3.8) is 0 Å². The maximum atomic E-state index is 11.4. The van der Waals surface area contributed by atoms with Crippen LogP contribution in [0.15, 0.2) is 18.2 Å². The van der Waals surface area contributed by atoms with Crippen molar-refractivity contribution < 1.29 is 14.7 Å². The molecule has 0 heterocycles. The van der Waals surface area contributed by atoms with Gasteiger partial charge in [-0.1, -0.05) is 6.07 Å². The normalized spacial score (nSPS) is 13.2. The number of carbonyl (C=O) groups excluding carboxylic acids is 2. The third-order valence-electron chi connectivity index (χ3n) is 2.94. The summed E-state index contributed by atoms with van der Waals surface area (Å²) >= 11 is 0. The Hall–Kier alpha value is -1.84. The van der Waals surface area contributed by atoms with Crippen LogP contribution in [0, 0.1) is 0 Å². The number of rotatable bonds is 4. The number of carboxylic acids is 1. The van der Waals surface area contributed by atoms with Crippen molar-refractivity contribution in [1.82, 2.24) is 0 Å². The van der Waals surface area contributed by atoms with Crippen LogP contribution in [0.5, 0.6) is 0 Å². The van der Waals surface area contributed by atoms with Gasteiger partial charge in [0, 0.05) is 18.1 Å². The summed E-state index contributed by atoms with van der Waals surface area (Å²) in [7, 11) is 0. The molecule has 0 saturated heterocycles. The molecule has 0 radical (unpaired) electrons. The van der Waals surface area contributed by atoms with E-state index in [9.17, 15) is 14.7 Å². The highest BCUT2D eigenvalue weighted by Crippen LogP contribution is 2.24. The maximum Gasteiger partial charge on any atom is 0.224 e. The molecular weight excluding hydrogens is 218 g/mol. The molecule has 90 valence electrons. The van der Waals surface area contributed by atoms with Crippen LogP contribution in [0.3, 0.4) is 0 Å². The second-order valence-corrected chi connectivity index (χ2v) is 4.26. The molecule has 0 aliphatic heterocycles. The first-order chi connectivity index (χ1) is 8.15. The first-order valence-corrected chi connectivity index (χ1v) is 5.76. The number of aliphatic carboxylic acids is 1. The first kappa shape index (κ1) is 11.6. The molecule has 1 aliphatic carbocycles. The van der Waals surface area contributed by atoms with E-state index in [4.69, 9.17) is 0 Å². The Morgan fingerprint density at radius 2 is 1.94 bits per heavy atom. The zero-order chi connectivity index (χ0) is 12.3. The Kier molecular flexibility index (Phi) is 3.42. The number of carbonyl (C=O) groups is 2. The lowest BCUT2D eigenvalue weighted by molar-refractivity contribution is -0.305. The predicted octanol–water partition coefficient (Wildman–Crippen LogP) is 0.644. The van der Waals surface area contributed by atoms with E-state index in [-0.39, 0.29) is 18.7 Å². The number of hydrogen-bond acceptors (Lipinski definition) is 3. The Balaban J connectivity index is 1.95. The Labute approximate surface area is 99.6 Å². The van der Waals surface area contributed by atoms with Gasteiger partial charge >= 0.3 is 0 Å². The molecule has 1 N–H and O–H groups in total. The van der Waals surface area contributed by atoms with E-state index in [1.807, 2.05) is 18.2 Å². The average molecular weight is 232 g/mol. The molecule has 0 fully saturated rings. The highest BCUT2D eigenvalue weighted by atomic mass is 16.4. The second-order valence-electron chi connectivity index (χ2n) is 4.26. The van der Waals surface area contributed by atoms with Gasteiger partial charge < -0.3 is 15.2 Å². The lowest BCUT2D eigenvalue weighted by Gasteiger charge is -2.07. The van der Waals surface area contributed by atoms with Crippen LogP contribution >= 0.6 is 0 Å². The summed E-state index contributed by atoms with van der Waals surface area (Å²) in [5.74, 6) is -1.48. The molecule has 1 aromatic carbocycles. The predicted molar refractivity (Wildman–Crippen MR) is 61.3 cm³/mol. The number of carboxylic acid groups (broad SMARTS) is 1. The molecule has 4 heteroatoms. The molecular formula is C13H14NO3-. The first-order valence-electron chi connectivity index (χ1n) is 5.76. The van der Waals surface area contributed by atoms with Crippen molar-refractivity contribution in [2.75, 3.05) is 5.32 Å². The molecule has 1 amide bonds. The van der Waals surface area contributed by atoms with E-state index in [2.05, 4.69) is 5.32 Å². The maximum absolute atomic E-state index is 11.4. The van der Waals surface area contributed by atoms with Crippen molar-refractivity contribution in [1.29, 1.82) is 0 Å². The molecule has 0 spiro atoms. The minimum Gasteiger partial charge on any atom is -0.550 e. The van der Waals surface area contributed by atoms with Gasteiger partial charge in [0.2, 0.25) is 5.91 Å². The summed E-state index contributed by atoms with van der Waals surface area (Å²) < 4.78 is 0. The van der Waals surface area contributed by atoms with Crippen LogP contribution < -0.4 is 10.4 Å². The van der Waals surface area contributed by atoms with Crippen molar-refractivity contribution in [2.45, 2.75) is 32.1 Å². The van der Waals surface area contributed by atoms with Crippen LogP contribution in [0.1, 0.15) is 30.4 Å². The van der Waals surface area contributed by atoms with Gasteiger partial charge in [0.05, 0.1) is 0 Å². The fourth-order valence-corrected chi connectivity index (χ4v) is 2.09. The quantitative estimate of drug-likeness (QED) is 0.828. The van der Waals surface area contributed by atoms with Gasteiger partial charge in [-0.3, -0.25) is 4.79 Å². The van der Waals surface area contributed by atoms with E-state index in [0.717, 1.165) is 24.9 Å². The van der Waals surface area contributed by atoms with Gasteiger partial charge in [-0.15, -0.1) is 0 Å². The number of aryl methyl sites for hydroxylation is 2. The number of benzene rings is 1. The lowest BCUT2D eigenvalue weighted by Crippen LogP contribution is -2.24. The topological polar surface area (TPSA) is 69.2 Å². The monoisotopic (exact) mass is 232 g/mol. The van der Waals surface area contributed by atoms with Crippen LogP contribution in [-0.2, 0) is 22.4 Å². The van der Waals surface area contributed by atoms with Gasteiger partial charge in [-0.25, -0.2) is 0 Å². The summed E-state index contributed by atoms with van der Waals surface area (Å²) in [5, 5.41) is 12.9. The molecule has 0 bridgehead atoms. The van der Waals surface area contributed by atoms with E-state index < -0.39 is 5.97 Å². The smallest absolute Gasteiger partial charge is 0.224 e. The van der Waals surface area contributed by atoms with Crippen LogP contribution in [0.4, 0.5) is 5.69 Å². The fraction of sp³-hybridized carbons (Fsp3) is 0.385. The minimum atomic E-state index is -1.20. The summed E-state index contributed by atoms with van der Waals surface area (Å²) in [6.45, 7) is 0. The minimum absolute atomic E-state index is 0.0422. The van der Waals surface area contributed by atoms with Gasteiger partial charge in [-0.2, -0.15) is 0 Å². The van der Waals surface area contributed by atoms with Crippen LogP contribution in [0.25, 0.3) is 0 Å². The number of nitrogens with one attached hydrogen (secondary N) is 1. The largest absolute Gasteiger partial charge is 0.550 e. The highest BCUT2D eigenvalue weighted by Gasteiger charge is 2.11. The summed E-state index contributed by atoms with van der Waals surface area (Å²) in [6.07, 6.45) is 3.04. The van der Waals surface area contributed by atoms with Crippen molar-refractivity contribution >= 4 is 17.6 Å². The standard InChI is InChI=1S/C13H15NO3/c15-12(6-7-13(16)17)14-11-5-4-9-2-1-3-10(9)8-11/h4-5,8H,1-3,6-7H2,(H,14,15)(H,16,17)/p-1. The molecule has 2 rings (SSSR count). The van der Waals surface area contributed by atoms with E-state index in [1.54, 1.807) is 0 Å². The Morgan fingerprint density at radius 3 is 2.71 bits per heavy atom. The lowest BCUT2D eigenvalue weighted by atomic mass is 10.1. The molecule has 0 aromatic heterocycles. The number of anilines is 1. The Bertz CT molecular complexity index is 454. The number of amides is 1. The molecule has 1 aromatic rings. The molecule has 4 nitrogen and oxygen atoms in total. The van der Waals surface area contributed by atoms with Gasteiger partial charge in [0.1, 0.15) is 0 Å². The summed E-state index contributed by atoms with van der Waals surface area (Å²) in [5.41, 5.74) is 3.37. The summed E-state index contributed by atoms with van der Waals surface area (Å²) in [4.78, 5) is 21.6. The number of hydrogen-bond donors (Lipinski definition) is 1. The molecule has 0 atom stereocenters. The van der Waals surface area contributed by atoms with E-state index in [1.165, 1.54) is 11.1 Å². The Morgan fingerprint density at radius 1 is 1.18 bits per heavy atom. The third-order valence-corrected chi connectivity index (χ3v) is 2.94. The molecule has 17 heavy (non-hydrogen) atoms. The molecule has 0 unspecified atom stereocenters. The fourth-order valence-electron chi connectivity index (χ4n) is 2.09. The van der Waals surface area contributed by atoms with Crippen LogP contribution in [0.2, 0.25) is 0 Å². The molecule has 1 aliphatic rings.